The van der Waals surface area contributed by atoms with E-state index in [1.165, 1.54) is 141 Å². The highest BCUT2D eigenvalue weighted by atomic mass is 24.3. The molecule has 218 valence electrons. The van der Waals surface area contributed by atoms with Gasteiger partial charge in [-0.05, 0) is 12.8 Å². The Morgan fingerprint density at radius 1 is 0.351 bits per heavy atom. The molecule has 0 bridgehead atoms. The molecule has 0 aromatic heterocycles. The number of aliphatic carboxylic acids is 2. The Kier molecular flexibility index (Phi) is 42.1. The molecule has 0 aromatic rings. The molecule has 5 heteroatoms. The van der Waals surface area contributed by atoms with Gasteiger partial charge in [0, 0.05) is 35.9 Å². The van der Waals surface area contributed by atoms with Crippen molar-refractivity contribution < 1.29 is 19.8 Å². The van der Waals surface area contributed by atoms with Crippen LogP contribution in [-0.4, -0.2) is 45.2 Å². The summed E-state index contributed by atoms with van der Waals surface area (Å²) in [6.45, 7) is 4.52. The Hall–Kier alpha value is -0.294. The van der Waals surface area contributed by atoms with E-state index < -0.39 is 11.9 Å². The Bertz CT molecular complexity index is 403. The first-order valence-electron chi connectivity index (χ1n) is 16.0. The second-order valence-electron chi connectivity index (χ2n) is 10.8. The maximum atomic E-state index is 10.3. The highest BCUT2D eigenvalue weighted by Crippen LogP contribution is 2.14. The first-order chi connectivity index (χ1) is 17.5. The van der Waals surface area contributed by atoms with Crippen LogP contribution >= 0.6 is 0 Å². The number of hydrogen-bond acceptors (Lipinski definition) is 2. The lowest BCUT2D eigenvalue weighted by atomic mass is 10.0. The fourth-order valence-electron chi connectivity index (χ4n) is 4.59. The molecule has 0 saturated carbocycles. The van der Waals surface area contributed by atoms with Crippen molar-refractivity contribution in [3.8, 4) is 0 Å². The third-order valence-electron chi connectivity index (χ3n) is 6.99. The Balaban J connectivity index is -0.000000608. The van der Waals surface area contributed by atoms with Crippen molar-refractivity contribution >= 4 is 35.0 Å². The standard InChI is InChI=1S/2C16H32O2.Mg/c2*1-2-3-4-5-6-7-8-9-10-11-12-13-14-15-16(17)18;/h2*2-15H2,1H3,(H,17,18);. The largest absolute Gasteiger partial charge is 0.481 e. The van der Waals surface area contributed by atoms with Gasteiger partial charge in [0.15, 0.2) is 0 Å². The van der Waals surface area contributed by atoms with Gasteiger partial charge in [0.05, 0.1) is 0 Å². The van der Waals surface area contributed by atoms with Crippen LogP contribution in [0.3, 0.4) is 0 Å². The first-order valence-corrected chi connectivity index (χ1v) is 16.0. The molecule has 0 aromatic carbocycles. The molecule has 4 nitrogen and oxygen atoms in total. The lowest BCUT2D eigenvalue weighted by molar-refractivity contribution is -0.138. The summed E-state index contributed by atoms with van der Waals surface area (Å²) in [6.07, 6.45) is 34.5. The summed E-state index contributed by atoms with van der Waals surface area (Å²) in [6, 6.07) is 0. The van der Waals surface area contributed by atoms with Crippen molar-refractivity contribution in [2.75, 3.05) is 0 Å². The SMILES string of the molecule is CCCCCCCCCCCCCCCC(=O)O.CCCCCCCCCCCCCCCC(=O)O.[Mg]. The molecule has 0 fully saturated rings. The fourth-order valence-corrected chi connectivity index (χ4v) is 4.59. The number of hydrogen-bond donors (Lipinski definition) is 2. The van der Waals surface area contributed by atoms with Crippen molar-refractivity contribution in [1.29, 1.82) is 0 Å². The van der Waals surface area contributed by atoms with Gasteiger partial charge in [-0.1, -0.05) is 168 Å². The number of carboxylic acid groups (broad SMARTS) is 2. The van der Waals surface area contributed by atoms with Gasteiger partial charge in [0.25, 0.3) is 0 Å². The molecule has 0 aliphatic rings. The van der Waals surface area contributed by atoms with Crippen molar-refractivity contribution in [1.82, 2.24) is 0 Å². The maximum absolute atomic E-state index is 10.3. The summed E-state index contributed by atoms with van der Waals surface area (Å²) in [5, 5.41) is 17.0. The van der Waals surface area contributed by atoms with Gasteiger partial charge < -0.3 is 10.2 Å². The Morgan fingerprint density at radius 3 is 0.676 bits per heavy atom. The third-order valence-corrected chi connectivity index (χ3v) is 6.99. The van der Waals surface area contributed by atoms with Gasteiger partial charge >= 0.3 is 11.9 Å². The van der Waals surface area contributed by atoms with E-state index in [-0.39, 0.29) is 23.1 Å². The van der Waals surface area contributed by atoms with Crippen LogP contribution in [0.4, 0.5) is 0 Å². The lowest BCUT2D eigenvalue weighted by Crippen LogP contribution is -1.93. The van der Waals surface area contributed by atoms with E-state index >= 15 is 0 Å². The summed E-state index contributed by atoms with van der Waals surface area (Å²) in [7, 11) is 0. The van der Waals surface area contributed by atoms with Gasteiger partial charge in [-0.2, -0.15) is 0 Å². The topological polar surface area (TPSA) is 74.6 Å². The van der Waals surface area contributed by atoms with Crippen LogP contribution in [0.25, 0.3) is 0 Å². The number of carbonyl (C=O) groups is 2. The van der Waals surface area contributed by atoms with Crippen LogP contribution in [0, 0.1) is 0 Å². The average Bonchev–Trinajstić information content (AvgIpc) is 2.85. The smallest absolute Gasteiger partial charge is 0.303 e. The van der Waals surface area contributed by atoms with E-state index in [4.69, 9.17) is 10.2 Å². The molecule has 0 unspecified atom stereocenters. The predicted molar refractivity (Wildman–Crippen MR) is 162 cm³/mol. The Labute approximate surface area is 247 Å². The summed E-state index contributed by atoms with van der Waals surface area (Å²) in [4.78, 5) is 20.6. The normalized spacial score (nSPS) is 10.4. The van der Waals surface area contributed by atoms with E-state index in [0.717, 1.165) is 25.7 Å². The number of unbranched alkanes of at least 4 members (excludes halogenated alkanes) is 24. The lowest BCUT2D eigenvalue weighted by Gasteiger charge is -2.02. The molecule has 2 N–H and O–H groups in total. The zero-order valence-electron chi connectivity index (χ0n) is 25.2. The molecular weight excluding hydrogens is 473 g/mol. The molecule has 0 saturated heterocycles. The molecule has 0 spiro atoms. The minimum Gasteiger partial charge on any atom is -0.481 e. The highest BCUT2D eigenvalue weighted by molar-refractivity contribution is 5.75. The second kappa shape index (κ2) is 37.9. The van der Waals surface area contributed by atoms with E-state index in [9.17, 15) is 9.59 Å². The van der Waals surface area contributed by atoms with E-state index in [2.05, 4.69) is 13.8 Å². The monoisotopic (exact) mass is 536 g/mol. The molecule has 0 heterocycles. The molecule has 0 atom stereocenters. The third kappa shape index (κ3) is 46.0. The van der Waals surface area contributed by atoms with E-state index in [1.807, 2.05) is 0 Å². The van der Waals surface area contributed by atoms with Crippen LogP contribution < -0.4 is 0 Å². The summed E-state index contributed by atoms with van der Waals surface area (Å²) < 4.78 is 0. The van der Waals surface area contributed by atoms with Gasteiger partial charge in [0.2, 0.25) is 0 Å². The number of carboxylic acids is 2. The summed E-state index contributed by atoms with van der Waals surface area (Å²) in [5.74, 6) is -1.31. The van der Waals surface area contributed by atoms with Gasteiger partial charge in [-0.15, -0.1) is 0 Å². The zero-order chi connectivity index (χ0) is 27.0. The summed E-state index contributed by atoms with van der Waals surface area (Å²) in [5.41, 5.74) is 0. The van der Waals surface area contributed by atoms with E-state index in [1.54, 1.807) is 0 Å². The second-order valence-corrected chi connectivity index (χ2v) is 10.8. The predicted octanol–water partition coefficient (Wildman–Crippen LogP) is 10.7. The molecule has 37 heavy (non-hydrogen) atoms. The Morgan fingerprint density at radius 2 is 0.514 bits per heavy atom. The first kappa shape index (κ1) is 41.2. The molecular formula is C32H64MgO4. The van der Waals surface area contributed by atoms with Gasteiger partial charge in [-0.3, -0.25) is 9.59 Å². The van der Waals surface area contributed by atoms with Crippen LogP contribution in [-0.2, 0) is 9.59 Å². The minimum absolute atomic E-state index is 0. The van der Waals surface area contributed by atoms with Gasteiger partial charge in [0.1, 0.15) is 0 Å². The molecule has 0 rings (SSSR count). The minimum atomic E-state index is -0.655. The van der Waals surface area contributed by atoms with Crippen molar-refractivity contribution in [2.24, 2.45) is 0 Å². The quantitative estimate of drug-likeness (QED) is 0.0769. The van der Waals surface area contributed by atoms with Crippen LogP contribution in [0.5, 0.6) is 0 Å². The zero-order valence-corrected chi connectivity index (χ0v) is 26.6. The van der Waals surface area contributed by atoms with E-state index in [0.29, 0.717) is 12.8 Å². The summed E-state index contributed by atoms with van der Waals surface area (Å²) >= 11 is 0. The molecule has 2 radical (unpaired) electrons. The van der Waals surface area contributed by atoms with Crippen LogP contribution in [0.2, 0.25) is 0 Å². The molecule has 0 amide bonds. The van der Waals surface area contributed by atoms with Gasteiger partial charge in [-0.25, -0.2) is 0 Å². The molecule has 0 aliphatic carbocycles. The molecule has 0 aliphatic heterocycles. The van der Waals surface area contributed by atoms with Crippen molar-refractivity contribution in [3.63, 3.8) is 0 Å². The highest BCUT2D eigenvalue weighted by Gasteiger charge is 1.98. The van der Waals surface area contributed by atoms with Crippen LogP contribution in [0.15, 0.2) is 0 Å². The van der Waals surface area contributed by atoms with Crippen molar-refractivity contribution in [2.45, 2.75) is 194 Å². The van der Waals surface area contributed by atoms with Crippen LogP contribution in [0.1, 0.15) is 194 Å². The maximum Gasteiger partial charge on any atom is 0.303 e. The fraction of sp³-hybridized carbons (Fsp3) is 0.938. The van der Waals surface area contributed by atoms with Crippen molar-refractivity contribution in [3.05, 3.63) is 0 Å². The average molecular weight is 537 g/mol. The number of rotatable bonds is 28.